The number of nitrogens with one attached hydrogen (secondary N) is 2. The summed E-state index contributed by atoms with van der Waals surface area (Å²) in [6.45, 7) is 7.30. The quantitative estimate of drug-likeness (QED) is 0.628. The molecule has 0 radical (unpaired) electrons. The summed E-state index contributed by atoms with van der Waals surface area (Å²) in [5.41, 5.74) is 0. The van der Waals surface area contributed by atoms with Gasteiger partial charge in [0.1, 0.15) is 0 Å². The molecule has 0 aromatic rings. The molecule has 4 unspecified atom stereocenters. The van der Waals surface area contributed by atoms with Crippen LogP contribution in [0, 0.1) is 5.92 Å². The average Bonchev–Trinajstić information content (AvgIpc) is 2.76. The molecule has 0 bridgehead atoms. The lowest BCUT2D eigenvalue weighted by Gasteiger charge is -2.24. The summed E-state index contributed by atoms with van der Waals surface area (Å²) in [4.78, 5) is 23.7. The molecule has 1 saturated heterocycles. The van der Waals surface area contributed by atoms with Gasteiger partial charge in [0.25, 0.3) is 0 Å². The number of carbonyl (C=O) groups excluding carboxylic acids is 2. The summed E-state index contributed by atoms with van der Waals surface area (Å²) in [6.07, 6.45) is 0.454. The van der Waals surface area contributed by atoms with E-state index >= 15 is 0 Å². The number of ether oxygens (including phenoxy) is 1. The Labute approximate surface area is 132 Å². The van der Waals surface area contributed by atoms with E-state index in [1.807, 2.05) is 6.92 Å². The van der Waals surface area contributed by atoms with Crippen LogP contribution in [-0.4, -0.2) is 56.5 Å². The molecular weight excluding hydrogens is 308 g/mol. The van der Waals surface area contributed by atoms with Gasteiger partial charge in [-0.25, -0.2) is 8.42 Å². The largest absolute Gasteiger partial charge is 0.466 e. The second-order valence-corrected chi connectivity index (χ2v) is 8.06. The highest BCUT2D eigenvalue weighted by Crippen LogP contribution is 2.12. The zero-order valence-corrected chi connectivity index (χ0v) is 14.4. The molecule has 0 aromatic carbocycles. The number of esters is 1. The van der Waals surface area contributed by atoms with Crippen LogP contribution in [0.5, 0.6) is 0 Å². The van der Waals surface area contributed by atoms with E-state index in [1.54, 1.807) is 20.8 Å². The highest BCUT2D eigenvalue weighted by molar-refractivity contribution is 7.91. The van der Waals surface area contributed by atoms with Crippen LogP contribution < -0.4 is 10.6 Å². The molecule has 8 heteroatoms. The van der Waals surface area contributed by atoms with E-state index in [9.17, 15) is 18.0 Å². The topological polar surface area (TPSA) is 102 Å². The maximum Gasteiger partial charge on any atom is 0.310 e. The van der Waals surface area contributed by atoms with Gasteiger partial charge in [-0.05, 0) is 27.2 Å². The molecule has 1 aliphatic rings. The van der Waals surface area contributed by atoms with Crippen molar-refractivity contribution in [3.05, 3.63) is 0 Å². The predicted octanol–water partition coefficient (Wildman–Crippen LogP) is -0.144. The molecule has 1 amide bonds. The van der Waals surface area contributed by atoms with Crippen molar-refractivity contribution in [2.45, 2.75) is 52.2 Å². The van der Waals surface area contributed by atoms with Gasteiger partial charge in [-0.15, -0.1) is 0 Å². The van der Waals surface area contributed by atoms with Crippen LogP contribution in [0.25, 0.3) is 0 Å². The molecule has 0 saturated carbocycles. The number of sulfone groups is 1. The molecule has 1 rings (SSSR count). The first-order valence-corrected chi connectivity index (χ1v) is 9.42. The smallest absolute Gasteiger partial charge is 0.310 e. The minimum atomic E-state index is -3.02. The highest BCUT2D eigenvalue weighted by Gasteiger charge is 2.31. The van der Waals surface area contributed by atoms with Crippen molar-refractivity contribution in [3.63, 3.8) is 0 Å². The van der Waals surface area contributed by atoms with Gasteiger partial charge in [-0.3, -0.25) is 9.59 Å². The molecule has 128 valence electrons. The number of carbonyl (C=O) groups is 2. The summed E-state index contributed by atoms with van der Waals surface area (Å²) >= 11 is 0. The first-order valence-electron chi connectivity index (χ1n) is 7.59. The number of hydrogen-bond acceptors (Lipinski definition) is 6. The van der Waals surface area contributed by atoms with E-state index in [0.29, 0.717) is 13.0 Å². The minimum Gasteiger partial charge on any atom is -0.466 e. The Balaban J connectivity index is 2.45. The molecule has 4 atom stereocenters. The molecule has 1 aliphatic heterocycles. The Bertz CT molecular complexity index is 505. The van der Waals surface area contributed by atoms with E-state index in [-0.39, 0.29) is 41.4 Å². The fourth-order valence-corrected chi connectivity index (χ4v) is 4.00. The number of amides is 1. The first-order chi connectivity index (χ1) is 10.2. The second-order valence-electron chi connectivity index (χ2n) is 5.83. The summed E-state index contributed by atoms with van der Waals surface area (Å²) in [5, 5.41) is 5.79. The Morgan fingerprint density at radius 2 is 1.91 bits per heavy atom. The monoisotopic (exact) mass is 334 g/mol. The highest BCUT2D eigenvalue weighted by atomic mass is 32.2. The van der Waals surface area contributed by atoms with Crippen molar-refractivity contribution in [2.75, 3.05) is 18.1 Å². The number of rotatable bonds is 7. The summed E-state index contributed by atoms with van der Waals surface area (Å²) in [7, 11) is -3.02. The van der Waals surface area contributed by atoms with Gasteiger partial charge in [0.15, 0.2) is 9.84 Å². The molecule has 7 nitrogen and oxygen atoms in total. The van der Waals surface area contributed by atoms with Crippen LogP contribution in [0.2, 0.25) is 0 Å². The lowest BCUT2D eigenvalue weighted by atomic mass is 10.0. The van der Waals surface area contributed by atoms with Gasteiger partial charge in [0.05, 0.1) is 30.1 Å². The van der Waals surface area contributed by atoms with E-state index in [0.717, 1.165) is 0 Å². The molecule has 22 heavy (non-hydrogen) atoms. The van der Waals surface area contributed by atoms with Gasteiger partial charge >= 0.3 is 5.97 Å². The molecule has 1 heterocycles. The maximum absolute atomic E-state index is 12.1. The van der Waals surface area contributed by atoms with Crippen LogP contribution in [0.15, 0.2) is 0 Å². The fraction of sp³-hybridized carbons (Fsp3) is 0.857. The van der Waals surface area contributed by atoms with E-state index < -0.39 is 15.9 Å². The molecular formula is C14H26N2O5S. The Morgan fingerprint density at radius 3 is 2.41 bits per heavy atom. The van der Waals surface area contributed by atoms with E-state index in [4.69, 9.17) is 4.74 Å². The minimum absolute atomic E-state index is 0.000240. The Hall–Kier alpha value is -1.15. The van der Waals surface area contributed by atoms with Crippen molar-refractivity contribution in [2.24, 2.45) is 5.92 Å². The molecule has 0 spiro atoms. The van der Waals surface area contributed by atoms with E-state index in [1.165, 1.54) is 0 Å². The summed E-state index contributed by atoms with van der Waals surface area (Å²) < 4.78 is 27.7. The van der Waals surface area contributed by atoms with Gasteiger partial charge in [0.2, 0.25) is 5.91 Å². The second kappa shape index (κ2) is 7.92. The SMILES string of the molecule is CCOC(=O)C(C)C(C)NC(C)C(=O)NC1CCS(=O)(=O)C1. The Kier molecular flexibility index (Phi) is 6.80. The van der Waals surface area contributed by atoms with Crippen molar-refractivity contribution in [1.29, 1.82) is 0 Å². The standard InChI is InChI=1S/C14H26N2O5S/c1-5-21-14(18)9(2)10(3)15-11(4)13(17)16-12-6-7-22(19,20)8-12/h9-12,15H,5-8H2,1-4H3,(H,16,17). The van der Waals surface area contributed by atoms with E-state index in [2.05, 4.69) is 10.6 Å². The van der Waals surface area contributed by atoms with Gasteiger partial charge < -0.3 is 15.4 Å². The third-order valence-corrected chi connectivity index (χ3v) is 5.66. The summed E-state index contributed by atoms with van der Waals surface area (Å²) in [5.74, 6) is -0.819. The Morgan fingerprint density at radius 1 is 1.27 bits per heavy atom. The van der Waals surface area contributed by atoms with Crippen LogP contribution in [-0.2, 0) is 24.2 Å². The average molecular weight is 334 g/mol. The van der Waals surface area contributed by atoms with Gasteiger partial charge in [-0.1, -0.05) is 6.92 Å². The molecule has 2 N–H and O–H groups in total. The van der Waals surface area contributed by atoms with Crippen molar-refractivity contribution >= 4 is 21.7 Å². The van der Waals surface area contributed by atoms with Crippen LogP contribution >= 0.6 is 0 Å². The molecule has 1 fully saturated rings. The first kappa shape index (κ1) is 18.9. The third-order valence-electron chi connectivity index (χ3n) is 3.89. The van der Waals surface area contributed by atoms with Gasteiger partial charge in [0, 0.05) is 12.1 Å². The van der Waals surface area contributed by atoms with Crippen molar-refractivity contribution in [1.82, 2.24) is 10.6 Å². The van der Waals surface area contributed by atoms with Crippen molar-refractivity contribution < 1.29 is 22.7 Å². The van der Waals surface area contributed by atoms with Crippen LogP contribution in [0.3, 0.4) is 0 Å². The predicted molar refractivity (Wildman–Crippen MR) is 83.1 cm³/mol. The lowest BCUT2D eigenvalue weighted by molar-refractivity contribution is -0.148. The number of hydrogen-bond donors (Lipinski definition) is 2. The maximum atomic E-state index is 12.1. The van der Waals surface area contributed by atoms with Crippen LogP contribution in [0.1, 0.15) is 34.1 Å². The van der Waals surface area contributed by atoms with Crippen molar-refractivity contribution in [3.8, 4) is 0 Å². The zero-order valence-electron chi connectivity index (χ0n) is 13.6. The third kappa shape index (κ3) is 5.57. The summed E-state index contributed by atoms with van der Waals surface area (Å²) in [6, 6.07) is -1.07. The lowest BCUT2D eigenvalue weighted by Crippen LogP contribution is -2.51. The van der Waals surface area contributed by atoms with Crippen LogP contribution in [0.4, 0.5) is 0 Å². The van der Waals surface area contributed by atoms with Gasteiger partial charge in [-0.2, -0.15) is 0 Å². The molecule has 0 aliphatic carbocycles. The zero-order chi connectivity index (χ0) is 16.9. The fourth-order valence-electron chi connectivity index (χ4n) is 2.33. The normalized spacial score (nSPS) is 24.3. The molecule has 0 aromatic heterocycles.